The Labute approximate surface area is 180 Å². The number of rotatable bonds is 5. The molecule has 1 aliphatic heterocycles. The predicted molar refractivity (Wildman–Crippen MR) is 117 cm³/mol. The molecule has 1 unspecified atom stereocenters. The fraction of sp³-hybridized carbons (Fsp3) is 0.120. The van der Waals surface area contributed by atoms with Crippen LogP contribution in [0.1, 0.15) is 17.2 Å². The fourth-order valence-electron chi connectivity index (χ4n) is 3.78. The van der Waals surface area contributed by atoms with Gasteiger partial charge in [0.05, 0.1) is 31.4 Å². The molecule has 1 heterocycles. The van der Waals surface area contributed by atoms with Gasteiger partial charge in [0.1, 0.15) is 17.3 Å². The quantitative estimate of drug-likeness (QED) is 0.381. The average molecular weight is 415 g/mol. The molecule has 3 aromatic carbocycles. The number of hydrogen-bond acceptors (Lipinski definition) is 5. The summed E-state index contributed by atoms with van der Waals surface area (Å²) in [6.07, 6.45) is 0. The minimum absolute atomic E-state index is 0.0107. The zero-order chi connectivity index (χ0) is 22.0. The third kappa shape index (κ3) is 3.53. The lowest BCUT2D eigenvalue weighted by molar-refractivity contribution is -0.132. The lowest BCUT2D eigenvalue weighted by Crippen LogP contribution is -2.29. The Bertz CT molecular complexity index is 1150. The highest BCUT2D eigenvalue weighted by molar-refractivity contribution is 6.51. The van der Waals surface area contributed by atoms with Gasteiger partial charge in [-0.25, -0.2) is 0 Å². The highest BCUT2D eigenvalue weighted by Gasteiger charge is 2.47. The Kier molecular flexibility index (Phi) is 5.45. The topological polar surface area (TPSA) is 76.1 Å². The molecule has 3 aromatic rings. The van der Waals surface area contributed by atoms with Crippen LogP contribution < -0.4 is 14.4 Å². The molecule has 6 heteroatoms. The van der Waals surface area contributed by atoms with E-state index in [9.17, 15) is 14.7 Å². The number of aliphatic hydroxyl groups is 1. The summed E-state index contributed by atoms with van der Waals surface area (Å²) in [5.41, 5.74) is 1.58. The van der Waals surface area contributed by atoms with Crippen molar-refractivity contribution in [3.05, 3.63) is 95.6 Å². The van der Waals surface area contributed by atoms with Crippen LogP contribution in [0.25, 0.3) is 5.76 Å². The van der Waals surface area contributed by atoms with Crippen LogP contribution in [0.3, 0.4) is 0 Å². The molecule has 6 nitrogen and oxygen atoms in total. The van der Waals surface area contributed by atoms with Crippen LogP contribution in [0, 0.1) is 0 Å². The van der Waals surface area contributed by atoms with Gasteiger partial charge >= 0.3 is 0 Å². The lowest BCUT2D eigenvalue weighted by Gasteiger charge is -2.25. The third-order valence-corrected chi connectivity index (χ3v) is 5.27. The summed E-state index contributed by atoms with van der Waals surface area (Å²) in [5.74, 6) is -0.711. The molecule has 1 saturated heterocycles. The highest BCUT2D eigenvalue weighted by Crippen LogP contribution is 2.43. The SMILES string of the molecule is COc1ccc(N2C(=O)C(=O)/C(=C(\O)c3ccccc3OC)C2c2ccccc2)cc1. The van der Waals surface area contributed by atoms with E-state index in [0.717, 1.165) is 0 Å². The highest BCUT2D eigenvalue weighted by atomic mass is 16.5. The number of ether oxygens (including phenoxy) is 2. The summed E-state index contributed by atoms with van der Waals surface area (Å²) in [7, 11) is 3.04. The maximum Gasteiger partial charge on any atom is 0.300 e. The molecule has 0 bridgehead atoms. The summed E-state index contributed by atoms with van der Waals surface area (Å²) in [6, 6.07) is 22.0. The maximum atomic E-state index is 13.1. The van der Waals surface area contributed by atoms with E-state index in [-0.39, 0.29) is 11.3 Å². The van der Waals surface area contributed by atoms with Crippen molar-refractivity contribution in [3.63, 3.8) is 0 Å². The molecule has 0 radical (unpaired) electrons. The van der Waals surface area contributed by atoms with E-state index in [1.165, 1.54) is 12.0 Å². The van der Waals surface area contributed by atoms with E-state index in [1.807, 2.05) is 30.3 Å². The second-order valence-corrected chi connectivity index (χ2v) is 6.98. The Morgan fingerprint density at radius 1 is 0.839 bits per heavy atom. The lowest BCUT2D eigenvalue weighted by atomic mass is 9.95. The van der Waals surface area contributed by atoms with Crippen molar-refractivity contribution in [2.75, 3.05) is 19.1 Å². The molecule has 31 heavy (non-hydrogen) atoms. The predicted octanol–water partition coefficient (Wildman–Crippen LogP) is 4.33. The summed E-state index contributed by atoms with van der Waals surface area (Å²) in [4.78, 5) is 27.6. The van der Waals surface area contributed by atoms with Gasteiger partial charge < -0.3 is 14.6 Å². The normalized spacial score (nSPS) is 17.6. The number of hydrogen-bond donors (Lipinski definition) is 1. The molecule has 1 amide bonds. The first kappa shape index (κ1) is 20.2. The summed E-state index contributed by atoms with van der Waals surface area (Å²) in [5, 5.41) is 11.2. The van der Waals surface area contributed by atoms with Crippen molar-refractivity contribution in [1.29, 1.82) is 0 Å². The van der Waals surface area contributed by atoms with Crippen LogP contribution in [0.5, 0.6) is 11.5 Å². The molecular weight excluding hydrogens is 394 g/mol. The van der Waals surface area contributed by atoms with Gasteiger partial charge in [-0.3, -0.25) is 14.5 Å². The largest absolute Gasteiger partial charge is 0.507 e. The summed E-state index contributed by atoms with van der Waals surface area (Å²) >= 11 is 0. The van der Waals surface area contributed by atoms with E-state index in [1.54, 1.807) is 55.6 Å². The van der Waals surface area contributed by atoms with Gasteiger partial charge in [0.15, 0.2) is 0 Å². The molecule has 156 valence electrons. The second-order valence-electron chi connectivity index (χ2n) is 6.98. The number of ketones is 1. The molecule has 1 atom stereocenters. The number of Topliss-reactive ketones (excluding diaryl/α,β-unsaturated/α-hetero) is 1. The van der Waals surface area contributed by atoms with Crippen molar-refractivity contribution >= 4 is 23.1 Å². The molecule has 1 N–H and O–H groups in total. The van der Waals surface area contributed by atoms with Gasteiger partial charge in [0.2, 0.25) is 0 Å². The molecule has 1 fully saturated rings. The van der Waals surface area contributed by atoms with Crippen molar-refractivity contribution in [2.45, 2.75) is 6.04 Å². The molecule has 4 rings (SSSR count). The first-order valence-electron chi connectivity index (χ1n) is 9.70. The molecule has 0 spiro atoms. The zero-order valence-electron chi connectivity index (χ0n) is 17.1. The number of carbonyl (C=O) groups excluding carboxylic acids is 2. The molecule has 1 aliphatic rings. The number of carbonyl (C=O) groups is 2. The number of para-hydroxylation sites is 1. The Morgan fingerprint density at radius 2 is 1.48 bits per heavy atom. The van der Waals surface area contributed by atoms with Crippen molar-refractivity contribution < 1.29 is 24.2 Å². The van der Waals surface area contributed by atoms with E-state index >= 15 is 0 Å². The molecule has 0 aromatic heterocycles. The van der Waals surface area contributed by atoms with E-state index in [0.29, 0.717) is 28.3 Å². The Balaban J connectivity index is 1.94. The molecule has 0 aliphatic carbocycles. The van der Waals surface area contributed by atoms with Crippen LogP contribution in [0.15, 0.2) is 84.4 Å². The van der Waals surface area contributed by atoms with Gasteiger partial charge in [0.25, 0.3) is 11.7 Å². The van der Waals surface area contributed by atoms with Crippen LogP contribution >= 0.6 is 0 Å². The van der Waals surface area contributed by atoms with E-state index in [4.69, 9.17) is 9.47 Å². The molecule has 0 saturated carbocycles. The zero-order valence-corrected chi connectivity index (χ0v) is 17.1. The van der Waals surface area contributed by atoms with Gasteiger partial charge in [-0.05, 0) is 42.0 Å². The van der Waals surface area contributed by atoms with Gasteiger partial charge in [-0.1, -0.05) is 42.5 Å². The van der Waals surface area contributed by atoms with Gasteiger partial charge in [-0.2, -0.15) is 0 Å². The second kappa shape index (κ2) is 8.36. The minimum atomic E-state index is -0.792. The van der Waals surface area contributed by atoms with Crippen LogP contribution in [-0.2, 0) is 9.59 Å². The van der Waals surface area contributed by atoms with Crippen LogP contribution in [0.2, 0.25) is 0 Å². The summed E-state index contributed by atoms with van der Waals surface area (Å²) < 4.78 is 10.5. The van der Waals surface area contributed by atoms with Gasteiger partial charge in [-0.15, -0.1) is 0 Å². The summed E-state index contributed by atoms with van der Waals surface area (Å²) in [6.45, 7) is 0. The first-order chi connectivity index (χ1) is 15.1. The van der Waals surface area contributed by atoms with Crippen molar-refractivity contribution in [1.82, 2.24) is 0 Å². The van der Waals surface area contributed by atoms with E-state index in [2.05, 4.69) is 0 Å². The fourth-order valence-corrected chi connectivity index (χ4v) is 3.78. The van der Waals surface area contributed by atoms with Crippen LogP contribution in [-0.4, -0.2) is 31.0 Å². The van der Waals surface area contributed by atoms with Crippen LogP contribution in [0.4, 0.5) is 5.69 Å². The third-order valence-electron chi connectivity index (χ3n) is 5.27. The monoisotopic (exact) mass is 415 g/mol. The number of anilines is 1. The van der Waals surface area contributed by atoms with Crippen molar-refractivity contribution in [3.8, 4) is 11.5 Å². The van der Waals surface area contributed by atoms with Crippen molar-refractivity contribution in [2.24, 2.45) is 0 Å². The van der Waals surface area contributed by atoms with Gasteiger partial charge in [0, 0.05) is 5.69 Å². The number of nitrogens with zero attached hydrogens (tertiary/aromatic N) is 1. The Morgan fingerprint density at radius 3 is 2.13 bits per heavy atom. The Hall–Kier alpha value is -4.06. The molecular formula is C25H21NO5. The first-order valence-corrected chi connectivity index (χ1v) is 9.70. The van der Waals surface area contributed by atoms with E-state index < -0.39 is 17.7 Å². The number of aliphatic hydroxyl groups excluding tert-OH is 1. The maximum absolute atomic E-state index is 13.1. The standard InChI is InChI=1S/C25H21NO5/c1-30-18-14-12-17(13-15-18)26-22(16-8-4-3-5-9-16)21(24(28)25(26)29)23(27)19-10-6-7-11-20(19)31-2/h3-15,22,27H,1-2H3/b23-21-. The number of methoxy groups -OCH3 is 2. The number of amides is 1. The minimum Gasteiger partial charge on any atom is -0.507 e. The average Bonchev–Trinajstić information content (AvgIpc) is 3.09. The number of benzene rings is 3. The smallest absolute Gasteiger partial charge is 0.300 e.